The Hall–Kier alpha value is -2.22. The first kappa shape index (κ1) is 19.1. The largest absolute Gasteiger partial charge is 0.462 e. The molecule has 1 aliphatic heterocycles. The highest BCUT2D eigenvalue weighted by Crippen LogP contribution is 2.34. The third-order valence-corrected chi connectivity index (χ3v) is 5.84. The minimum absolute atomic E-state index is 0.200. The van der Waals surface area contributed by atoms with Gasteiger partial charge in [-0.25, -0.2) is 9.78 Å². The molecule has 0 unspecified atom stereocenters. The lowest BCUT2D eigenvalue weighted by molar-refractivity contribution is 0.0529. The normalized spacial score (nSPS) is 15.1. The van der Waals surface area contributed by atoms with E-state index in [1.54, 1.807) is 12.3 Å². The third kappa shape index (κ3) is 3.97. The molecule has 1 aromatic carbocycles. The molecule has 3 heterocycles. The monoisotopic (exact) mass is 416 g/mol. The molecule has 8 heteroatoms. The smallest absolute Gasteiger partial charge is 0.339 e. The summed E-state index contributed by atoms with van der Waals surface area (Å²) in [7, 11) is 0. The van der Waals surface area contributed by atoms with Gasteiger partial charge in [-0.15, -0.1) is 11.3 Å². The zero-order valence-electron chi connectivity index (χ0n) is 15.6. The molecule has 0 atom stereocenters. The van der Waals surface area contributed by atoms with E-state index >= 15 is 0 Å². The summed E-state index contributed by atoms with van der Waals surface area (Å²) in [6, 6.07) is 10.5. The first-order valence-electron chi connectivity index (χ1n) is 9.28. The zero-order chi connectivity index (χ0) is 19.5. The number of nitrogens with zero attached hydrogens (tertiary/aromatic N) is 4. The summed E-state index contributed by atoms with van der Waals surface area (Å²) in [5.74, 6) is 0.377. The molecule has 2 aromatic heterocycles. The van der Waals surface area contributed by atoms with Gasteiger partial charge in [0.2, 0.25) is 5.28 Å². The third-order valence-electron chi connectivity index (χ3n) is 4.80. The minimum Gasteiger partial charge on any atom is -0.462 e. The van der Waals surface area contributed by atoms with Crippen molar-refractivity contribution >= 4 is 44.9 Å². The van der Waals surface area contributed by atoms with Crippen LogP contribution in [0.15, 0.2) is 35.7 Å². The fourth-order valence-electron chi connectivity index (χ4n) is 3.45. The molecule has 0 N–H and O–H groups in total. The maximum Gasteiger partial charge on any atom is 0.339 e. The molecular weight excluding hydrogens is 396 g/mol. The Balaban J connectivity index is 1.56. The Bertz CT molecular complexity index is 971. The van der Waals surface area contributed by atoms with Crippen LogP contribution >= 0.6 is 22.9 Å². The lowest BCUT2D eigenvalue weighted by Crippen LogP contribution is -2.46. The van der Waals surface area contributed by atoms with Gasteiger partial charge in [0.15, 0.2) is 0 Å². The number of rotatable bonds is 5. The van der Waals surface area contributed by atoms with Crippen LogP contribution in [0.2, 0.25) is 5.28 Å². The number of fused-ring (bicyclic) bond motifs is 1. The van der Waals surface area contributed by atoms with Crippen molar-refractivity contribution in [2.24, 2.45) is 0 Å². The lowest BCUT2D eigenvalue weighted by atomic mass is 10.2. The Morgan fingerprint density at radius 2 is 1.93 bits per heavy atom. The van der Waals surface area contributed by atoms with E-state index in [0.717, 1.165) is 43.9 Å². The van der Waals surface area contributed by atoms with Crippen LogP contribution in [0.25, 0.3) is 10.2 Å². The Morgan fingerprint density at radius 1 is 1.18 bits per heavy atom. The maximum absolute atomic E-state index is 12.4. The quantitative estimate of drug-likeness (QED) is 0.465. The van der Waals surface area contributed by atoms with Crippen molar-refractivity contribution in [1.82, 2.24) is 14.9 Å². The van der Waals surface area contributed by atoms with E-state index in [-0.39, 0.29) is 11.3 Å². The van der Waals surface area contributed by atoms with Gasteiger partial charge < -0.3 is 9.64 Å². The number of thiophene rings is 1. The summed E-state index contributed by atoms with van der Waals surface area (Å²) < 4.78 is 5.20. The Kier molecular flexibility index (Phi) is 5.75. The second-order valence-corrected chi connectivity index (χ2v) is 7.81. The predicted molar refractivity (Wildman–Crippen MR) is 112 cm³/mol. The molecule has 0 saturated carbocycles. The SMILES string of the molecule is CCOC(=O)c1csc2nc(Cl)nc(N3CCN(Cc4ccccc4)CC3)c12. The van der Waals surface area contributed by atoms with Gasteiger partial charge in [0.05, 0.1) is 17.6 Å². The highest BCUT2D eigenvalue weighted by molar-refractivity contribution is 7.17. The van der Waals surface area contributed by atoms with Gasteiger partial charge in [0.25, 0.3) is 0 Å². The maximum atomic E-state index is 12.4. The minimum atomic E-state index is -0.344. The molecule has 0 radical (unpaired) electrons. The van der Waals surface area contributed by atoms with Crippen LogP contribution in [0.5, 0.6) is 0 Å². The van der Waals surface area contributed by atoms with Gasteiger partial charge in [-0.3, -0.25) is 4.90 Å². The molecule has 1 aliphatic rings. The summed E-state index contributed by atoms with van der Waals surface area (Å²) in [6.45, 7) is 6.51. The molecular formula is C20H21ClN4O2S. The number of aromatic nitrogens is 2. The highest BCUT2D eigenvalue weighted by Gasteiger charge is 2.25. The van der Waals surface area contributed by atoms with Gasteiger partial charge in [-0.1, -0.05) is 30.3 Å². The van der Waals surface area contributed by atoms with Crippen molar-refractivity contribution in [2.75, 3.05) is 37.7 Å². The fourth-order valence-corrected chi connectivity index (χ4v) is 4.56. The molecule has 3 aromatic rings. The van der Waals surface area contributed by atoms with E-state index in [1.165, 1.54) is 16.9 Å². The number of carbonyl (C=O) groups is 1. The van der Waals surface area contributed by atoms with Crippen molar-refractivity contribution in [3.63, 3.8) is 0 Å². The van der Waals surface area contributed by atoms with Crippen molar-refractivity contribution in [3.8, 4) is 0 Å². The van der Waals surface area contributed by atoms with Gasteiger partial charge in [0, 0.05) is 38.1 Å². The number of benzene rings is 1. The first-order valence-corrected chi connectivity index (χ1v) is 10.5. The molecule has 28 heavy (non-hydrogen) atoms. The average molecular weight is 417 g/mol. The number of anilines is 1. The molecule has 0 spiro atoms. The number of carbonyl (C=O) groups excluding carboxylic acids is 1. The van der Waals surface area contributed by atoms with Crippen molar-refractivity contribution in [1.29, 1.82) is 0 Å². The van der Waals surface area contributed by atoms with E-state index < -0.39 is 0 Å². The number of hydrogen-bond acceptors (Lipinski definition) is 7. The van der Waals surface area contributed by atoms with Crippen LogP contribution in [0.1, 0.15) is 22.8 Å². The number of piperazine rings is 1. The van der Waals surface area contributed by atoms with Gasteiger partial charge in [-0.2, -0.15) is 4.98 Å². The van der Waals surface area contributed by atoms with Crippen LogP contribution in [0, 0.1) is 0 Å². The standard InChI is InChI=1S/C20H21ClN4O2S/c1-2-27-19(26)15-13-28-18-16(15)17(22-20(21)23-18)25-10-8-24(9-11-25)12-14-6-4-3-5-7-14/h3-7,13H,2,8-12H2,1H3. The van der Waals surface area contributed by atoms with Gasteiger partial charge in [-0.05, 0) is 24.1 Å². The molecule has 4 rings (SSSR count). The lowest BCUT2D eigenvalue weighted by Gasteiger charge is -2.35. The Morgan fingerprint density at radius 3 is 2.64 bits per heavy atom. The van der Waals surface area contributed by atoms with Crippen LogP contribution in [0.3, 0.4) is 0 Å². The summed E-state index contributed by atoms with van der Waals surface area (Å²) in [6.07, 6.45) is 0. The van der Waals surface area contributed by atoms with Gasteiger partial charge in [0.1, 0.15) is 10.6 Å². The average Bonchev–Trinajstić information content (AvgIpc) is 3.13. The number of hydrogen-bond donors (Lipinski definition) is 0. The Labute approximate surface area is 172 Å². The topological polar surface area (TPSA) is 58.6 Å². The molecule has 146 valence electrons. The van der Waals surface area contributed by atoms with E-state index in [4.69, 9.17) is 16.3 Å². The van der Waals surface area contributed by atoms with Crippen molar-refractivity contribution in [2.45, 2.75) is 13.5 Å². The van der Waals surface area contributed by atoms with Crippen LogP contribution in [0.4, 0.5) is 5.82 Å². The van der Waals surface area contributed by atoms with Crippen molar-refractivity contribution < 1.29 is 9.53 Å². The summed E-state index contributed by atoms with van der Waals surface area (Å²) in [4.78, 5) is 26.4. The van der Waals surface area contributed by atoms with Crippen LogP contribution < -0.4 is 4.90 Å². The second-order valence-electron chi connectivity index (χ2n) is 6.62. The van der Waals surface area contributed by atoms with Gasteiger partial charge >= 0.3 is 5.97 Å². The summed E-state index contributed by atoms with van der Waals surface area (Å²) >= 11 is 7.55. The van der Waals surface area contributed by atoms with E-state index in [2.05, 4.69) is 44.0 Å². The molecule has 1 fully saturated rings. The molecule has 1 saturated heterocycles. The van der Waals surface area contributed by atoms with E-state index in [9.17, 15) is 4.79 Å². The molecule has 6 nitrogen and oxygen atoms in total. The van der Waals surface area contributed by atoms with Crippen LogP contribution in [-0.2, 0) is 11.3 Å². The van der Waals surface area contributed by atoms with Crippen molar-refractivity contribution in [3.05, 3.63) is 52.1 Å². The number of halogens is 1. The highest BCUT2D eigenvalue weighted by atomic mass is 35.5. The first-order chi connectivity index (χ1) is 13.7. The van der Waals surface area contributed by atoms with Crippen LogP contribution in [-0.4, -0.2) is 53.6 Å². The van der Waals surface area contributed by atoms with E-state index in [0.29, 0.717) is 17.0 Å². The molecule has 0 aliphatic carbocycles. The predicted octanol–water partition coefficient (Wildman–Crippen LogP) is 3.84. The second kappa shape index (κ2) is 8.43. The number of ether oxygens (including phenoxy) is 1. The number of esters is 1. The summed E-state index contributed by atoms with van der Waals surface area (Å²) in [5, 5.41) is 2.72. The molecule has 0 bridgehead atoms. The molecule has 0 amide bonds. The zero-order valence-corrected chi connectivity index (χ0v) is 17.2. The fraction of sp³-hybridized carbons (Fsp3) is 0.350. The van der Waals surface area contributed by atoms with E-state index in [1.807, 2.05) is 6.07 Å². The summed E-state index contributed by atoms with van der Waals surface area (Å²) in [5.41, 5.74) is 1.83.